The van der Waals surface area contributed by atoms with Crippen LogP contribution in [0.1, 0.15) is 60.0 Å². The Balaban J connectivity index is 0.000000252. The third-order valence-corrected chi connectivity index (χ3v) is 12.5. The zero-order valence-corrected chi connectivity index (χ0v) is 39.8. The Morgan fingerprint density at radius 2 is 1.02 bits per heavy atom. The Morgan fingerprint density at radius 1 is 0.619 bits per heavy atom. The molecule has 9 N–H and O–H groups in total. The molecule has 0 aliphatic carbocycles. The maximum Gasteiger partial charge on any atom is 0.296 e. The fourth-order valence-electron chi connectivity index (χ4n) is 7.31. The monoisotopic (exact) mass is 985 g/mol. The summed E-state index contributed by atoms with van der Waals surface area (Å²) in [4.78, 5) is 34.4. The van der Waals surface area contributed by atoms with Crippen molar-refractivity contribution in [3.05, 3.63) is 127 Å². The fraction of sp³-hybridized carbons (Fsp3) is 0.381. The van der Waals surface area contributed by atoms with Crippen LogP contribution in [0, 0.1) is 0 Å². The van der Waals surface area contributed by atoms with Crippen LogP contribution in [0.25, 0.3) is 0 Å². The third-order valence-electron chi connectivity index (χ3n) is 10.5. The number of rotatable bonds is 14. The molecule has 6 rings (SSSR count). The van der Waals surface area contributed by atoms with Gasteiger partial charge in [0.15, 0.2) is 0 Å². The molecule has 0 unspecified atom stereocenters. The van der Waals surface area contributed by atoms with Crippen LogP contribution in [0.3, 0.4) is 0 Å². The van der Waals surface area contributed by atoms with E-state index in [0.29, 0.717) is 38.0 Å². The van der Waals surface area contributed by atoms with Crippen molar-refractivity contribution in [1.82, 2.24) is 19.6 Å². The number of likely N-dealkylation sites (N-methyl/N-ethyl adjacent to an activating group) is 2. The quantitative estimate of drug-likeness (QED) is 0.0931. The van der Waals surface area contributed by atoms with Gasteiger partial charge < -0.3 is 25.3 Å². The highest BCUT2D eigenvalue weighted by Crippen LogP contribution is 2.29. The molecule has 0 spiro atoms. The van der Waals surface area contributed by atoms with E-state index in [1.807, 2.05) is 48.3 Å². The first-order chi connectivity index (χ1) is 29.6. The first-order valence-electron chi connectivity index (χ1n) is 20.0. The highest BCUT2D eigenvalue weighted by atomic mass is 35.5. The molecule has 2 heterocycles. The van der Waals surface area contributed by atoms with Crippen LogP contribution < -0.4 is 25.9 Å². The lowest BCUT2D eigenvalue weighted by Crippen LogP contribution is -2.39. The van der Waals surface area contributed by atoms with Crippen LogP contribution in [-0.4, -0.2) is 102 Å². The molecular weight excluding hydrogens is 932 g/mol. The summed E-state index contributed by atoms with van der Waals surface area (Å²) in [7, 11) is -3.93. The van der Waals surface area contributed by atoms with Crippen molar-refractivity contribution < 1.29 is 26.4 Å². The van der Waals surface area contributed by atoms with E-state index in [9.17, 15) is 26.4 Å². The number of benzene rings is 4. The Bertz CT molecular complexity index is 2400. The SMILES string of the molecule is CN(C(=O)Cc1ccc(Cl)c(Cl)c1)[C@H](CN1CCCC1)c1cccc(N)c1.CN(C(=O)Cc1ccc(Cl)c(Cl)c1)[C@H](CN1CCCC1)c1cccc(NS(N)(=O)=O)c1.NS(N)(=O)=O. The van der Waals surface area contributed by atoms with Crippen LogP contribution >= 0.6 is 46.4 Å². The number of nitrogens with one attached hydrogen (secondary N) is 1. The van der Waals surface area contributed by atoms with Gasteiger partial charge in [0.05, 0.1) is 50.7 Å². The second-order valence-electron chi connectivity index (χ2n) is 15.4. The maximum absolute atomic E-state index is 13.1. The van der Waals surface area contributed by atoms with E-state index in [1.54, 1.807) is 60.5 Å². The van der Waals surface area contributed by atoms with Crippen molar-refractivity contribution in [3.63, 3.8) is 0 Å². The maximum atomic E-state index is 13.1. The summed E-state index contributed by atoms with van der Waals surface area (Å²) in [5.74, 6) is -0.0348. The number of nitrogens with two attached hydrogens (primary N) is 4. The van der Waals surface area contributed by atoms with E-state index in [2.05, 4.69) is 24.8 Å². The lowest BCUT2D eigenvalue weighted by Gasteiger charge is -2.32. The van der Waals surface area contributed by atoms with E-state index < -0.39 is 20.4 Å². The Morgan fingerprint density at radius 3 is 1.40 bits per heavy atom. The lowest BCUT2D eigenvalue weighted by atomic mass is 10.0. The minimum absolute atomic E-state index is 0.0399. The third kappa shape index (κ3) is 18.0. The number of amides is 2. The van der Waals surface area contributed by atoms with Gasteiger partial charge in [0.25, 0.3) is 20.4 Å². The van der Waals surface area contributed by atoms with E-state index in [-0.39, 0.29) is 36.7 Å². The summed E-state index contributed by atoms with van der Waals surface area (Å²) in [6.07, 6.45) is 5.14. The molecule has 2 fully saturated rings. The second-order valence-corrected chi connectivity index (χ2v) is 19.5. The van der Waals surface area contributed by atoms with Crippen molar-refractivity contribution in [2.45, 2.75) is 50.6 Å². The van der Waals surface area contributed by atoms with Gasteiger partial charge in [-0.1, -0.05) is 82.8 Å². The van der Waals surface area contributed by atoms with Gasteiger partial charge in [0.2, 0.25) is 11.8 Å². The van der Waals surface area contributed by atoms with Gasteiger partial charge in [-0.3, -0.25) is 14.3 Å². The number of anilines is 2. The van der Waals surface area contributed by atoms with E-state index in [4.69, 9.17) is 57.3 Å². The summed E-state index contributed by atoms with van der Waals surface area (Å²) in [5.41, 5.74) is 10.6. The smallest absolute Gasteiger partial charge is 0.296 e. The van der Waals surface area contributed by atoms with Gasteiger partial charge >= 0.3 is 0 Å². The number of likely N-dealkylation sites (tertiary alicyclic amines) is 2. The molecule has 2 atom stereocenters. The Labute approximate surface area is 390 Å². The zero-order chi connectivity index (χ0) is 46.5. The first kappa shape index (κ1) is 51.9. The summed E-state index contributed by atoms with van der Waals surface area (Å²) in [5, 5.41) is 15.1. The number of hydrogen-bond donors (Lipinski definition) is 5. The predicted molar refractivity (Wildman–Crippen MR) is 254 cm³/mol. The van der Waals surface area contributed by atoms with E-state index in [1.165, 1.54) is 12.8 Å². The molecule has 15 nitrogen and oxygen atoms in total. The molecule has 4 aromatic carbocycles. The standard InChI is InChI=1S/C21H26Cl2N4O3S.C21H25Cl2N3O.H4N2O2S/c1-26(21(28)12-15-7-8-18(22)19(23)11-15)20(14-27-9-2-3-10-27)16-5-4-6-17(13-16)25-31(24,29)30;1-25(21(27)12-15-7-8-18(22)19(23)11-15)20(14-26-9-2-3-10-26)16-5-4-6-17(24)13-16;1-5(2,3)4/h4-8,11,13,20,25H,2-3,9-10,12,14H2,1H3,(H2,24,29,30);4-8,11,13,20H,2-3,9-10,12,14,24H2,1H3;(H4,1,2,3,4)/t2*20-;/m11./s1. The van der Waals surface area contributed by atoms with Crippen molar-refractivity contribution in [3.8, 4) is 0 Å². The van der Waals surface area contributed by atoms with Gasteiger partial charge in [0, 0.05) is 32.9 Å². The molecule has 0 aromatic heterocycles. The van der Waals surface area contributed by atoms with Crippen LogP contribution in [0.5, 0.6) is 0 Å². The van der Waals surface area contributed by atoms with Crippen LogP contribution in [-0.2, 0) is 42.8 Å². The van der Waals surface area contributed by atoms with Crippen molar-refractivity contribution in [2.24, 2.45) is 15.4 Å². The molecule has 344 valence electrons. The highest BCUT2D eigenvalue weighted by molar-refractivity contribution is 7.90. The number of nitrogens with zero attached hydrogens (tertiary/aromatic N) is 4. The van der Waals surface area contributed by atoms with Gasteiger partial charge in [-0.2, -0.15) is 16.8 Å². The molecule has 21 heteroatoms. The predicted octanol–water partition coefficient (Wildman–Crippen LogP) is 6.01. The number of carbonyl (C=O) groups excluding carboxylic acids is 2. The fourth-order valence-corrected chi connectivity index (χ4v) is 8.40. The minimum atomic E-state index is -3.89. The van der Waals surface area contributed by atoms with Gasteiger partial charge in [0.1, 0.15) is 0 Å². The molecule has 2 saturated heterocycles. The average Bonchev–Trinajstić information content (AvgIpc) is 3.92. The molecule has 2 aliphatic heterocycles. The number of nitrogen functional groups attached to an aromatic ring is 1. The van der Waals surface area contributed by atoms with Gasteiger partial charge in [-0.15, -0.1) is 0 Å². The van der Waals surface area contributed by atoms with E-state index >= 15 is 0 Å². The number of carbonyl (C=O) groups is 2. The van der Waals surface area contributed by atoms with E-state index in [0.717, 1.165) is 67.8 Å². The van der Waals surface area contributed by atoms with Crippen LogP contribution in [0.15, 0.2) is 84.9 Å². The topological polar surface area (TPSA) is 231 Å². The van der Waals surface area contributed by atoms with Crippen LogP contribution in [0.2, 0.25) is 20.1 Å². The van der Waals surface area contributed by atoms with Crippen molar-refractivity contribution in [2.75, 3.05) is 63.8 Å². The molecule has 0 saturated carbocycles. The number of halogens is 4. The minimum Gasteiger partial charge on any atom is -0.399 e. The summed E-state index contributed by atoms with van der Waals surface area (Å²) in [6.45, 7) is 5.57. The molecular formula is C42H55Cl4N9O6S2. The molecule has 0 radical (unpaired) electrons. The highest BCUT2D eigenvalue weighted by Gasteiger charge is 2.28. The molecule has 2 amide bonds. The number of hydrogen-bond acceptors (Lipinski definition) is 9. The molecule has 2 aliphatic rings. The van der Waals surface area contributed by atoms with Crippen molar-refractivity contribution >= 4 is 90.0 Å². The second kappa shape index (κ2) is 24.0. The molecule has 63 heavy (non-hydrogen) atoms. The van der Waals surface area contributed by atoms with Crippen molar-refractivity contribution in [1.29, 1.82) is 0 Å². The van der Waals surface area contributed by atoms with Gasteiger partial charge in [-0.05, 0) is 123 Å². The van der Waals surface area contributed by atoms with Crippen LogP contribution in [0.4, 0.5) is 11.4 Å². The average molecular weight is 988 g/mol. The molecule has 0 bridgehead atoms. The summed E-state index contributed by atoms with van der Waals surface area (Å²) in [6, 6.07) is 25.0. The summed E-state index contributed by atoms with van der Waals surface area (Å²) >= 11 is 24.1. The Hall–Kier alpha value is -3.72. The first-order valence-corrected chi connectivity index (χ1v) is 24.6. The normalized spacial score (nSPS) is 15.3. The summed E-state index contributed by atoms with van der Waals surface area (Å²) < 4.78 is 43.5. The Kier molecular flexibility index (Phi) is 19.8. The molecule has 4 aromatic rings. The largest absolute Gasteiger partial charge is 0.399 e. The lowest BCUT2D eigenvalue weighted by molar-refractivity contribution is -0.132. The van der Waals surface area contributed by atoms with Gasteiger partial charge in [-0.25, -0.2) is 15.4 Å². The zero-order valence-electron chi connectivity index (χ0n) is 35.1.